The summed E-state index contributed by atoms with van der Waals surface area (Å²) >= 11 is 0. The fourth-order valence-electron chi connectivity index (χ4n) is 1.79. The van der Waals surface area contributed by atoms with Crippen LogP contribution >= 0.6 is 0 Å². The van der Waals surface area contributed by atoms with Crippen LogP contribution in [0.3, 0.4) is 0 Å². The molecule has 0 amide bonds. The van der Waals surface area contributed by atoms with Crippen molar-refractivity contribution >= 4 is 0 Å². The predicted molar refractivity (Wildman–Crippen MR) is 59.4 cm³/mol. The molecule has 1 aliphatic rings. The van der Waals surface area contributed by atoms with Gasteiger partial charge in [0.25, 0.3) is 0 Å². The zero-order chi connectivity index (χ0) is 10.7. The molecule has 0 unspecified atom stereocenters. The van der Waals surface area contributed by atoms with Gasteiger partial charge in [0.05, 0.1) is 14.2 Å². The third-order valence-corrected chi connectivity index (χ3v) is 2.83. The Labute approximate surface area is 90.6 Å². The van der Waals surface area contributed by atoms with E-state index in [-0.39, 0.29) is 0 Å². The molecule has 1 heterocycles. The van der Waals surface area contributed by atoms with Gasteiger partial charge in [-0.05, 0) is 37.7 Å². The molecule has 0 bridgehead atoms. The van der Waals surface area contributed by atoms with E-state index >= 15 is 0 Å². The fourth-order valence-corrected chi connectivity index (χ4v) is 1.79. The van der Waals surface area contributed by atoms with Crippen LogP contribution in [0.4, 0.5) is 0 Å². The number of hydrogen-bond acceptors (Lipinski definition) is 3. The lowest BCUT2D eigenvalue weighted by Gasteiger charge is -2.31. The van der Waals surface area contributed by atoms with Crippen molar-refractivity contribution in [3.63, 3.8) is 0 Å². The molecular formula is C12H17NO2. The van der Waals surface area contributed by atoms with E-state index < -0.39 is 0 Å². The molecule has 1 saturated heterocycles. The van der Waals surface area contributed by atoms with Gasteiger partial charge >= 0.3 is 0 Å². The van der Waals surface area contributed by atoms with Crippen molar-refractivity contribution < 1.29 is 9.47 Å². The molecule has 0 N–H and O–H groups in total. The normalized spacial score (nSPS) is 15.9. The molecule has 3 heteroatoms. The summed E-state index contributed by atoms with van der Waals surface area (Å²) in [4.78, 5) is 2.40. The van der Waals surface area contributed by atoms with Gasteiger partial charge in [-0.25, -0.2) is 0 Å². The van der Waals surface area contributed by atoms with E-state index in [9.17, 15) is 0 Å². The van der Waals surface area contributed by atoms with Crippen LogP contribution in [0.5, 0.6) is 11.5 Å². The first-order chi connectivity index (χ1) is 7.33. The van der Waals surface area contributed by atoms with Crippen molar-refractivity contribution in [2.24, 2.45) is 0 Å². The minimum atomic E-state index is 0.895. The van der Waals surface area contributed by atoms with Crippen molar-refractivity contribution in [3.8, 4) is 11.5 Å². The average Bonchev–Trinajstić information content (AvgIpc) is 2.23. The fraction of sp³-hybridized carbons (Fsp3) is 0.500. The first-order valence-electron chi connectivity index (χ1n) is 5.27. The zero-order valence-corrected chi connectivity index (χ0v) is 9.32. The van der Waals surface area contributed by atoms with Gasteiger partial charge in [-0.3, -0.25) is 4.90 Å². The van der Waals surface area contributed by atoms with E-state index in [1.54, 1.807) is 14.2 Å². The number of hydrogen-bond donors (Lipinski definition) is 0. The van der Waals surface area contributed by atoms with Crippen LogP contribution < -0.4 is 9.47 Å². The Balaban J connectivity index is 2.16. The topological polar surface area (TPSA) is 21.7 Å². The zero-order valence-electron chi connectivity index (χ0n) is 9.32. The van der Waals surface area contributed by atoms with Crippen molar-refractivity contribution in [2.45, 2.75) is 13.0 Å². The SMILES string of the molecule is COc1ccc(OC)c(CN2CCC2)c1. The van der Waals surface area contributed by atoms with Gasteiger partial charge in [0.1, 0.15) is 11.5 Å². The summed E-state index contributed by atoms with van der Waals surface area (Å²) in [6.07, 6.45) is 1.31. The lowest BCUT2D eigenvalue weighted by molar-refractivity contribution is 0.170. The predicted octanol–water partition coefficient (Wildman–Crippen LogP) is 1.91. The van der Waals surface area contributed by atoms with Crippen LogP contribution in [0, 0.1) is 0 Å². The lowest BCUT2D eigenvalue weighted by Crippen LogP contribution is -2.36. The summed E-state index contributed by atoms with van der Waals surface area (Å²) in [5.41, 5.74) is 1.21. The van der Waals surface area contributed by atoms with Gasteiger partial charge in [0.15, 0.2) is 0 Å². The molecule has 82 valence electrons. The Bertz CT molecular complexity index is 334. The minimum Gasteiger partial charge on any atom is -0.497 e. The number of methoxy groups -OCH3 is 2. The molecule has 0 spiro atoms. The number of rotatable bonds is 4. The number of benzene rings is 1. The van der Waals surface area contributed by atoms with E-state index in [2.05, 4.69) is 11.0 Å². The number of ether oxygens (including phenoxy) is 2. The van der Waals surface area contributed by atoms with Gasteiger partial charge < -0.3 is 9.47 Å². The molecule has 3 nitrogen and oxygen atoms in total. The molecule has 0 aromatic heterocycles. The average molecular weight is 207 g/mol. The van der Waals surface area contributed by atoms with E-state index in [4.69, 9.17) is 9.47 Å². The van der Waals surface area contributed by atoms with Gasteiger partial charge in [0.2, 0.25) is 0 Å². The summed E-state index contributed by atoms with van der Waals surface area (Å²) in [5.74, 6) is 1.84. The van der Waals surface area contributed by atoms with Crippen LogP contribution in [-0.2, 0) is 6.54 Å². The molecule has 1 fully saturated rings. The highest BCUT2D eigenvalue weighted by molar-refractivity contribution is 5.40. The Morgan fingerprint density at radius 3 is 2.53 bits per heavy atom. The van der Waals surface area contributed by atoms with Crippen molar-refractivity contribution in [1.82, 2.24) is 4.90 Å². The van der Waals surface area contributed by atoms with Crippen molar-refractivity contribution in [1.29, 1.82) is 0 Å². The third-order valence-electron chi connectivity index (χ3n) is 2.83. The summed E-state index contributed by atoms with van der Waals surface area (Å²) in [6, 6.07) is 5.95. The second kappa shape index (κ2) is 4.53. The number of likely N-dealkylation sites (tertiary alicyclic amines) is 1. The lowest BCUT2D eigenvalue weighted by atomic mass is 10.1. The van der Waals surface area contributed by atoms with E-state index in [0.29, 0.717) is 0 Å². The summed E-state index contributed by atoms with van der Waals surface area (Å²) in [7, 11) is 3.40. The molecule has 0 saturated carbocycles. The van der Waals surface area contributed by atoms with Gasteiger partial charge in [-0.1, -0.05) is 0 Å². The molecule has 1 aromatic carbocycles. The highest BCUT2D eigenvalue weighted by Gasteiger charge is 2.16. The largest absolute Gasteiger partial charge is 0.497 e. The van der Waals surface area contributed by atoms with Crippen molar-refractivity contribution in [3.05, 3.63) is 23.8 Å². The molecule has 1 aromatic rings. The first kappa shape index (κ1) is 10.3. The van der Waals surface area contributed by atoms with Crippen molar-refractivity contribution in [2.75, 3.05) is 27.3 Å². The second-order valence-electron chi connectivity index (χ2n) is 3.81. The summed E-state index contributed by atoms with van der Waals surface area (Å²) < 4.78 is 10.5. The Kier molecular flexibility index (Phi) is 3.11. The summed E-state index contributed by atoms with van der Waals surface area (Å²) in [5, 5.41) is 0. The molecule has 0 aliphatic carbocycles. The second-order valence-corrected chi connectivity index (χ2v) is 3.81. The van der Waals surface area contributed by atoms with Crippen LogP contribution in [0.15, 0.2) is 18.2 Å². The highest BCUT2D eigenvalue weighted by Crippen LogP contribution is 2.26. The van der Waals surface area contributed by atoms with Crippen LogP contribution in [0.1, 0.15) is 12.0 Å². The molecule has 15 heavy (non-hydrogen) atoms. The first-order valence-corrected chi connectivity index (χ1v) is 5.27. The third kappa shape index (κ3) is 2.23. The summed E-state index contributed by atoms with van der Waals surface area (Å²) in [6.45, 7) is 3.35. The monoisotopic (exact) mass is 207 g/mol. The molecule has 1 aliphatic heterocycles. The highest BCUT2D eigenvalue weighted by atomic mass is 16.5. The van der Waals surface area contributed by atoms with Gasteiger partial charge in [0, 0.05) is 12.1 Å². The standard InChI is InChI=1S/C12H17NO2/c1-14-11-4-5-12(15-2)10(8-11)9-13-6-3-7-13/h4-5,8H,3,6-7,9H2,1-2H3. The Morgan fingerprint density at radius 1 is 1.20 bits per heavy atom. The molecule has 2 rings (SSSR count). The Morgan fingerprint density at radius 2 is 2.00 bits per heavy atom. The maximum absolute atomic E-state index is 5.33. The quantitative estimate of drug-likeness (QED) is 0.752. The van der Waals surface area contributed by atoms with Gasteiger partial charge in [-0.2, -0.15) is 0 Å². The smallest absolute Gasteiger partial charge is 0.123 e. The number of nitrogens with zero attached hydrogens (tertiary/aromatic N) is 1. The molecule has 0 atom stereocenters. The Hall–Kier alpha value is -1.22. The van der Waals surface area contributed by atoms with Crippen LogP contribution in [0.2, 0.25) is 0 Å². The van der Waals surface area contributed by atoms with E-state index in [1.807, 2.05) is 12.1 Å². The van der Waals surface area contributed by atoms with Crippen LogP contribution in [0.25, 0.3) is 0 Å². The molecule has 0 radical (unpaired) electrons. The minimum absolute atomic E-state index is 0.895. The van der Waals surface area contributed by atoms with E-state index in [1.165, 1.54) is 25.1 Å². The van der Waals surface area contributed by atoms with E-state index in [0.717, 1.165) is 18.0 Å². The maximum Gasteiger partial charge on any atom is 0.123 e. The molecular weight excluding hydrogens is 190 g/mol. The maximum atomic E-state index is 5.33. The van der Waals surface area contributed by atoms with Gasteiger partial charge in [-0.15, -0.1) is 0 Å². The van der Waals surface area contributed by atoms with Crippen LogP contribution in [-0.4, -0.2) is 32.2 Å².